The second kappa shape index (κ2) is 6.53. The van der Waals surface area contributed by atoms with Crippen LogP contribution in [-0.2, 0) is 0 Å². The smallest absolute Gasteiger partial charge is 0.0718 e. The number of nitrogens with zero attached hydrogens (tertiary/aromatic N) is 2. The highest BCUT2D eigenvalue weighted by atomic mass is 35.5. The largest absolute Gasteiger partial charge is 0.389 e. The van der Waals surface area contributed by atoms with Crippen LogP contribution in [0.5, 0.6) is 0 Å². The van der Waals surface area contributed by atoms with Crippen LogP contribution in [0.1, 0.15) is 32.4 Å². The molecule has 0 saturated carbocycles. The minimum Gasteiger partial charge on any atom is -0.389 e. The molecule has 1 aromatic carbocycles. The predicted octanol–water partition coefficient (Wildman–Crippen LogP) is 2.25. The number of β-amino-alcohol motifs (C(OH)–C–C–N with tert-alkyl or cyclic N) is 1. The van der Waals surface area contributed by atoms with Crippen LogP contribution < -0.4 is 10.6 Å². The summed E-state index contributed by atoms with van der Waals surface area (Å²) in [7, 11) is 0. The summed E-state index contributed by atoms with van der Waals surface area (Å²) in [4.78, 5) is 4.59. The first-order valence-corrected chi connectivity index (χ1v) is 7.89. The summed E-state index contributed by atoms with van der Waals surface area (Å²) in [5.41, 5.74) is 7.38. The van der Waals surface area contributed by atoms with Crippen molar-refractivity contribution in [1.82, 2.24) is 4.90 Å². The van der Waals surface area contributed by atoms with Crippen LogP contribution in [0.15, 0.2) is 18.2 Å². The van der Waals surface area contributed by atoms with Crippen LogP contribution in [0, 0.1) is 0 Å². The highest BCUT2D eigenvalue weighted by Gasteiger charge is 2.23. The van der Waals surface area contributed by atoms with E-state index in [0.29, 0.717) is 6.54 Å². The molecular weight excluding hydrogens is 286 g/mol. The molecule has 1 heterocycles. The van der Waals surface area contributed by atoms with Gasteiger partial charge in [0.2, 0.25) is 0 Å². The summed E-state index contributed by atoms with van der Waals surface area (Å²) < 4.78 is 0. The number of benzene rings is 1. The number of rotatable bonds is 4. The molecule has 3 N–H and O–H groups in total. The van der Waals surface area contributed by atoms with Crippen molar-refractivity contribution in [3.8, 4) is 0 Å². The fourth-order valence-electron chi connectivity index (χ4n) is 2.76. The molecular formula is C16H26ClN3O. The number of hydrogen-bond acceptors (Lipinski definition) is 4. The predicted molar refractivity (Wildman–Crippen MR) is 89.0 cm³/mol. The van der Waals surface area contributed by atoms with Gasteiger partial charge in [-0.1, -0.05) is 17.7 Å². The summed E-state index contributed by atoms with van der Waals surface area (Å²) in [6, 6.07) is 6.08. The van der Waals surface area contributed by atoms with Crippen molar-refractivity contribution >= 4 is 17.3 Å². The van der Waals surface area contributed by atoms with Gasteiger partial charge in [0.1, 0.15) is 0 Å². The van der Waals surface area contributed by atoms with E-state index in [-0.39, 0.29) is 6.04 Å². The second-order valence-electron chi connectivity index (χ2n) is 6.58. The fourth-order valence-corrected chi connectivity index (χ4v) is 3.07. The van der Waals surface area contributed by atoms with Gasteiger partial charge in [-0.2, -0.15) is 0 Å². The van der Waals surface area contributed by atoms with E-state index in [0.717, 1.165) is 42.5 Å². The van der Waals surface area contributed by atoms with E-state index in [2.05, 4.69) is 21.9 Å². The number of nitrogens with two attached hydrogens (primary N) is 1. The first kappa shape index (κ1) is 16.6. The Labute approximate surface area is 132 Å². The maximum absolute atomic E-state index is 9.89. The van der Waals surface area contributed by atoms with Gasteiger partial charge in [0.05, 0.1) is 16.3 Å². The maximum Gasteiger partial charge on any atom is 0.0718 e. The van der Waals surface area contributed by atoms with Gasteiger partial charge in [-0.15, -0.1) is 0 Å². The Morgan fingerprint density at radius 2 is 1.90 bits per heavy atom. The third kappa shape index (κ3) is 4.58. The van der Waals surface area contributed by atoms with Gasteiger partial charge in [0, 0.05) is 38.8 Å². The molecule has 0 aromatic heterocycles. The van der Waals surface area contributed by atoms with E-state index in [1.807, 2.05) is 26.8 Å². The Morgan fingerprint density at radius 3 is 2.38 bits per heavy atom. The van der Waals surface area contributed by atoms with Crippen LogP contribution in [0.3, 0.4) is 0 Å². The van der Waals surface area contributed by atoms with Crippen molar-refractivity contribution < 1.29 is 5.11 Å². The van der Waals surface area contributed by atoms with E-state index >= 15 is 0 Å². The van der Waals surface area contributed by atoms with Gasteiger partial charge < -0.3 is 15.7 Å². The number of aliphatic hydroxyl groups is 1. The summed E-state index contributed by atoms with van der Waals surface area (Å²) in [5, 5.41) is 10.7. The Balaban J connectivity index is 1.99. The molecule has 1 aliphatic heterocycles. The van der Waals surface area contributed by atoms with Gasteiger partial charge in [-0.05, 0) is 38.5 Å². The SMILES string of the molecule is CC(N)c1ccc(N2CCN(CC(C)(C)O)CC2)c(Cl)c1. The summed E-state index contributed by atoms with van der Waals surface area (Å²) in [6.45, 7) is 10.1. The van der Waals surface area contributed by atoms with Crippen LogP contribution in [-0.4, -0.2) is 48.3 Å². The molecule has 2 rings (SSSR count). The lowest BCUT2D eigenvalue weighted by Crippen LogP contribution is -2.50. The van der Waals surface area contributed by atoms with Crippen molar-refractivity contribution in [3.63, 3.8) is 0 Å². The number of hydrogen-bond donors (Lipinski definition) is 2. The van der Waals surface area contributed by atoms with Crippen molar-refractivity contribution in [2.75, 3.05) is 37.6 Å². The molecule has 0 amide bonds. The van der Waals surface area contributed by atoms with Gasteiger partial charge in [-0.3, -0.25) is 4.90 Å². The lowest BCUT2D eigenvalue weighted by atomic mass is 10.1. The molecule has 1 fully saturated rings. The van der Waals surface area contributed by atoms with Crippen LogP contribution >= 0.6 is 11.6 Å². The minimum absolute atomic E-state index is 0.000169. The van der Waals surface area contributed by atoms with Crippen LogP contribution in [0.4, 0.5) is 5.69 Å². The summed E-state index contributed by atoms with van der Waals surface area (Å²) >= 11 is 6.40. The van der Waals surface area contributed by atoms with E-state index in [1.54, 1.807) is 0 Å². The van der Waals surface area contributed by atoms with Crippen molar-refractivity contribution in [3.05, 3.63) is 28.8 Å². The molecule has 0 bridgehead atoms. The third-order valence-electron chi connectivity index (χ3n) is 3.82. The lowest BCUT2D eigenvalue weighted by molar-refractivity contribution is 0.0345. The first-order valence-electron chi connectivity index (χ1n) is 7.51. The highest BCUT2D eigenvalue weighted by Crippen LogP contribution is 2.29. The van der Waals surface area contributed by atoms with E-state index in [1.165, 1.54) is 0 Å². The molecule has 1 unspecified atom stereocenters. The van der Waals surface area contributed by atoms with Gasteiger partial charge >= 0.3 is 0 Å². The van der Waals surface area contributed by atoms with Gasteiger partial charge in [0.25, 0.3) is 0 Å². The lowest BCUT2D eigenvalue weighted by Gasteiger charge is -2.38. The Hall–Kier alpha value is -0.810. The molecule has 5 heteroatoms. The zero-order valence-electron chi connectivity index (χ0n) is 13.1. The average molecular weight is 312 g/mol. The first-order chi connectivity index (χ1) is 9.76. The minimum atomic E-state index is -0.640. The summed E-state index contributed by atoms with van der Waals surface area (Å²) in [5.74, 6) is 0. The molecule has 1 atom stereocenters. The monoisotopic (exact) mass is 311 g/mol. The molecule has 1 saturated heterocycles. The normalized spacial score (nSPS) is 18.9. The van der Waals surface area contributed by atoms with Crippen LogP contribution in [0.25, 0.3) is 0 Å². The van der Waals surface area contributed by atoms with Crippen LogP contribution in [0.2, 0.25) is 5.02 Å². The molecule has 21 heavy (non-hydrogen) atoms. The topological polar surface area (TPSA) is 52.7 Å². The molecule has 1 aromatic rings. The van der Waals surface area contributed by atoms with Crippen molar-refractivity contribution in [1.29, 1.82) is 0 Å². The zero-order chi connectivity index (χ0) is 15.6. The standard InChI is InChI=1S/C16H26ClN3O/c1-12(18)13-4-5-15(14(17)10-13)20-8-6-19(7-9-20)11-16(2,3)21/h4-5,10,12,21H,6-9,11,18H2,1-3H3. The quantitative estimate of drug-likeness (QED) is 0.895. The Bertz CT molecular complexity index is 477. The average Bonchev–Trinajstić information content (AvgIpc) is 2.38. The maximum atomic E-state index is 9.89. The van der Waals surface area contributed by atoms with Gasteiger partial charge in [-0.25, -0.2) is 0 Å². The number of halogens is 1. The molecule has 0 aliphatic carbocycles. The third-order valence-corrected chi connectivity index (χ3v) is 4.12. The fraction of sp³-hybridized carbons (Fsp3) is 0.625. The van der Waals surface area contributed by atoms with Gasteiger partial charge in [0.15, 0.2) is 0 Å². The molecule has 4 nitrogen and oxygen atoms in total. The molecule has 0 radical (unpaired) electrons. The van der Waals surface area contributed by atoms with E-state index in [4.69, 9.17) is 17.3 Å². The van der Waals surface area contributed by atoms with E-state index < -0.39 is 5.60 Å². The molecule has 118 valence electrons. The van der Waals surface area contributed by atoms with E-state index in [9.17, 15) is 5.11 Å². The Kier molecular flexibility index (Phi) is 5.15. The summed E-state index contributed by atoms with van der Waals surface area (Å²) in [6.07, 6.45) is 0. The molecule has 0 spiro atoms. The molecule has 1 aliphatic rings. The number of anilines is 1. The zero-order valence-corrected chi connectivity index (χ0v) is 13.9. The number of piperazine rings is 1. The van der Waals surface area contributed by atoms with Crippen molar-refractivity contribution in [2.24, 2.45) is 5.73 Å². The van der Waals surface area contributed by atoms with Crippen molar-refractivity contribution in [2.45, 2.75) is 32.4 Å². The Morgan fingerprint density at radius 1 is 1.29 bits per heavy atom. The highest BCUT2D eigenvalue weighted by molar-refractivity contribution is 6.33. The second-order valence-corrected chi connectivity index (χ2v) is 6.98.